The maximum atomic E-state index is 12.9. The molecule has 0 spiro atoms. The van der Waals surface area contributed by atoms with Crippen LogP contribution >= 0.6 is 0 Å². The molecule has 0 amide bonds. The summed E-state index contributed by atoms with van der Waals surface area (Å²) in [4.78, 5) is 12.9. The normalized spacial score (nSPS) is 12.5. The average molecular weight is 358 g/mol. The van der Waals surface area contributed by atoms with Crippen molar-refractivity contribution in [2.24, 2.45) is 0 Å². The van der Waals surface area contributed by atoms with E-state index < -0.39 is 0 Å². The fraction of sp³-hybridized carbons (Fsp3) is 0.211. The Morgan fingerprint density at radius 1 is 1.04 bits per heavy atom. The van der Waals surface area contributed by atoms with Crippen LogP contribution in [0, 0.1) is 0 Å². The first kappa shape index (κ1) is 17.5. The van der Waals surface area contributed by atoms with Gasteiger partial charge in [-0.25, -0.2) is 0 Å². The van der Waals surface area contributed by atoms with Crippen molar-refractivity contribution in [2.75, 3.05) is 27.9 Å². The van der Waals surface area contributed by atoms with Crippen molar-refractivity contribution in [1.82, 2.24) is 0 Å². The lowest BCUT2D eigenvalue weighted by atomic mass is 9.98. The second kappa shape index (κ2) is 6.87. The van der Waals surface area contributed by atoms with E-state index in [9.17, 15) is 15.0 Å². The number of hydrogen-bond donors (Lipinski definition) is 2. The summed E-state index contributed by atoms with van der Waals surface area (Å²) in [6.07, 6.45) is 1.61. The fourth-order valence-electron chi connectivity index (χ4n) is 2.75. The average Bonchev–Trinajstić information content (AvgIpc) is 2.68. The first-order valence-electron chi connectivity index (χ1n) is 7.73. The van der Waals surface area contributed by atoms with Crippen molar-refractivity contribution in [3.05, 3.63) is 41.0 Å². The first-order valence-corrected chi connectivity index (χ1v) is 7.73. The molecule has 26 heavy (non-hydrogen) atoms. The molecule has 0 saturated carbocycles. The Kier molecular flexibility index (Phi) is 4.62. The summed E-state index contributed by atoms with van der Waals surface area (Å²) in [5, 5.41) is 19.4. The Morgan fingerprint density at radius 2 is 1.69 bits per heavy atom. The lowest BCUT2D eigenvalue weighted by molar-refractivity contribution is 0.102. The number of rotatable bonds is 5. The highest BCUT2D eigenvalue weighted by Gasteiger charge is 2.24. The largest absolute Gasteiger partial charge is 0.504 e. The summed E-state index contributed by atoms with van der Waals surface area (Å²) in [7, 11) is 4.43. The van der Waals surface area contributed by atoms with Crippen molar-refractivity contribution in [2.45, 2.75) is 0 Å². The molecule has 0 unspecified atom stereocenters. The zero-order valence-electron chi connectivity index (χ0n) is 14.5. The fourth-order valence-corrected chi connectivity index (χ4v) is 2.75. The highest BCUT2D eigenvalue weighted by atomic mass is 16.5. The number of ether oxygens (including phenoxy) is 4. The second-order valence-electron chi connectivity index (χ2n) is 5.55. The summed E-state index contributed by atoms with van der Waals surface area (Å²) in [6, 6.07) is 6.02. The molecule has 1 aliphatic heterocycles. The highest BCUT2D eigenvalue weighted by molar-refractivity contribution is 6.12. The standard InChI is InChI=1S/C19H18O7/c1-23-14-7-11(8-15(24-2)19(14)25-3)16(21)12-6-10-4-5-13(20)17(22)18(10)26-9-12/h4-8,20,22H,9H2,1-3H3. The molecule has 0 aromatic heterocycles. The Bertz CT molecular complexity index is 874. The van der Waals surface area contributed by atoms with Crippen LogP contribution in [0.5, 0.6) is 34.5 Å². The number of fused-ring (bicyclic) bond motifs is 1. The number of phenols is 2. The van der Waals surface area contributed by atoms with Crippen molar-refractivity contribution < 1.29 is 34.0 Å². The molecule has 0 saturated heterocycles. The van der Waals surface area contributed by atoms with Crippen LogP contribution in [0.1, 0.15) is 15.9 Å². The molecule has 2 aromatic carbocycles. The van der Waals surface area contributed by atoms with Crippen LogP contribution in [0.15, 0.2) is 29.8 Å². The van der Waals surface area contributed by atoms with Gasteiger partial charge < -0.3 is 29.2 Å². The summed E-state index contributed by atoms with van der Waals surface area (Å²) in [5.74, 6) is 0.376. The Hall–Kier alpha value is -3.35. The van der Waals surface area contributed by atoms with Crippen LogP contribution in [0.25, 0.3) is 6.08 Å². The molecule has 0 fully saturated rings. The number of aromatic hydroxyl groups is 2. The van der Waals surface area contributed by atoms with Crippen LogP contribution in [0.4, 0.5) is 0 Å². The maximum Gasteiger partial charge on any atom is 0.203 e. The van der Waals surface area contributed by atoms with Gasteiger partial charge in [0.1, 0.15) is 6.61 Å². The van der Waals surface area contributed by atoms with Crippen LogP contribution < -0.4 is 18.9 Å². The number of hydrogen-bond acceptors (Lipinski definition) is 7. The number of carbonyl (C=O) groups is 1. The predicted octanol–water partition coefficient (Wildman–Crippen LogP) is 2.78. The van der Waals surface area contributed by atoms with Crippen molar-refractivity contribution in [1.29, 1.82) is 0 Å². The van der Waals surface area contributed by atoms with E-state index in [0.29, 0.717) is 33.9 Å². The molecule has 3 rings (SSSR count). The smallest absolute Gasteiger partial charge is 0.203 e. The molecule has 0 bridgehead atoms. The van der Waals surface area contributed by atoms with Gasteiger partial charge in [-0.1, -0.05) is 0 Å². The maximum absolute atomic E-state index is 12.9. The summed E-state index contributed by atoms with van der Waals surface area (Å²) < 4.78 is 21.3. The molecule has 2 N–H and O–H groups in total. The van der Waals surface area contributed by atoms with Gasteiger partial charge >= 0.3 is 0 Å². The third-order valence-electron chi connectivity index (χ3n) is 4.06. The van der Waals surface area contributed by atoms with E-state index >= 15 is 0 Å². The molecule has 1 heterocycles. The van der Waals surface area contributed by atoms with Crippen molar-refractivity contribution in [3.63, 3.8) is 0 Å². The van der Waals surface area contributed by atoms with E-state index in [0.717, 1.165) is 0 Å². The predicted molar refractivity (Wildman–Crippen MR) is 93.7 cm³/mol. The zero-order chi connectivity index (χ0) is 18.8. The van der Waals surface area contributed by atoms with Gasteiger partial charge in [-0.2, -0.15) is 0 Å². The van der Waals surface area contributed by atoms with E-state index in [1.165, 1.54) is 27.4 Å². The van der Waals surface area contributed by atoms with E-state index in [-0.39, 0.29) is 29.6 Å². The first-order chi connectivity index (χ1) is 12.5. The number of Topliss-reactive ketones (excluding diaryl/α,β-unsaturated/α-hetero) is 1. The van der Waals surface area contributed by atoms with Gasteiger partial charge in [-0.3, -0.25) is 4.79 Å². The van der Waals surface area contributed by atoms with E-state index in [4.69, 9.17) is 18.9 Å². The topological polar surface area (TPSA) is 94.5 Å². The Balaban J connectivity index is 2.02. The highest BCUT2D eigenvalue weighted by Crippen LogP contribution is 2.42. The van der Waals surface area contributed by atoms with Crippen LogP contribution in [0.2, 0.25) is 0 Å². The Labute approximate surface area is 150 Å². The second-order valence-corrected chi connectivity index (χ2v) is 5.55. The summed E-state index contributed by atoms with van der Waals surface area (Å²) in [5.41, 5.74) is 1.24. The molecular formula is C19H18O7. The minimum Gasteiger partial charge on any atom is -0.504 e. The molecule has 0 atom stereocenters. The molecular weight excluding hydrogens is 340 g/mol. The molecule has 7 heteroatoms. The van der Waals surface area contributed by atoms with Gasteiger partial charge in [0.25, 0.3) is 0 Å². The quantitative estimate of drug-likeness (QED) is 0.627. The van der Waals surface area contributed by atoms with Gasteiger partial charge in [0.05, 0.1) is 21.3 Å². The Morgan fingerprint density at radius 3 is 2.27 bits per heavy atom. The third-order valence-corrected chi connectivity index (χ3v) is 4.06. The molecule has 0 aliphatic carbocycles. The third kappa shape index (κ3) is 2.88. The van der Waals surface area contributed by atoms with Crippen LogP contribution in [-0.4, -0.2) is 43.9 Å². The van der Waals surface area contributed by atoms with E-state index in [1.54, 1.807) is 24.3 Å². The van der Waals surface area contributed by atoms with Crippen molar-refractivity contribution >= 4 is 11.9 Å². The minimum atomic E-state index is -0.349. The lowest BCUT2D eigenvalue weighted by Crippen LogP contribution is -2.15. The van der Waals surface area contributed by atoms with Gasteiger partial charge in [0, 0.05) is 16.7 Å². The molecule has 136 valence electrons. The van der Waals surface area contributed by atoms with Crippen molar-refractivity contribution in [3.8, 4) is 34.5 Å². The molecule has 2 aromatic rings. The number of methoxy groups -OCH3 is 3. The van der Waals surface area contributed by atoms with Gasteiger partial charge in [0.15, 0.2) is 28.8 Å². The van der Waals surface area contributed by atoms with E-state index in [2.05, 4.69) is 0 Å². The summed E-state index contributed by atoms with van der Waals surface area (Å²) >= 11 is 0. The van der Waals surface area contributed by atoms with Gasteiger partial charge in [-0.05, 0) is 30.3 Å². The SMILES string of the molecule is COc1cc(C(=O)C2=Cc3ccc(O)c(O)c3OC2)cc(OC)c1OC. The number of ketones is 1. The van der Waals surface area contributed by atoms with Crippen LogP contribution in [0.3, 0.4) is 0 Å². The molecule has 0 radical (unpaired) electrons. The van der Waals surface area contributed by atoms with Gasteiger partial charge in [0.2, 0.25) is 11.5 Å². The lowest BCUT2D eigenvalue weighted by Gasteiger charge is -2.19. The number of phenolic OH excluding ortho intramolecular Hbond substituents is 2. The zero-order valence-corrected chi connectivity index (χ0v) is 14.5. The van der Waals surface area contributed by atoms with Gasteiger partial charge in [-0.15, -0.1) is 0 Å². The number of benzene rings is 2. The number of carbonyl (C=O) groups excluding carboxylic acids is 1. The van der Waals surface area contributed by atoms with E-state index in [1.807, 2.05) is 0 Å². The minimum absolute atomic E-state index is 0.0422. The molecule has 1 aliphatic rings. The molecule has 7 nitrogen and oxygen atoms in total. The monoisotopic (exact) mass is 358 g/mol. The summed E-state index contributed by atoms with van der Waals surface area (Å²) in [6.45, 7) is -0.0422. The van der Waals surface area contributed by atoms with Crippen LogP contribution in [-0.2, 0) is 0 Å².